The minimum absolute atomic E-state index is 0.0665. The van der Waals surface area contributed by atoms with Crippen LogP contribution in [0, 0.1) is 5.41 Å². The summed E-state index contributed by atoms with van der Waals surface area (Å²) in [6, 6.07) is 25.8. The van der Waals surface area contributed by atoms with Crippen molar-refractivity contribution in [3.05, 3.63) is 130 Å². The summed E-state index contributed by atoms with van der Waals surface area (Å²) < 4.78 is 0. The normalized spacial score (nSPS) is 22.3. The van der Waals surface area contributed by atoms with Crippen LogP contribution >= 0.6 is 0 Å². The highest BCUT2D eigenvalue weighted by Gasteiger charge is 2.48. The molecule has 2 aliphatic heterocycles. The summed E-state index contributed by atoms with van der Waals surface area (Å²) in [5.74, 6) is -2.26. The Hall–Kier alpha value is -6.69. The third kappa shape index (κ3) is 13.0. The maximum absolute atomic E-state index is 14.9. The molecule has 4 aromatic carbocycles. The number of aryl methyl sites for hydroxylation is 2. The van der Waals surface area contributed by atoms with Crippen molar-refractivity contribution >= 4 is 49.4 Å². The van der Waals surface area contributed by atoms with E-state index in [2.05, 4.69) is 68.5 Å². The van der Waals surface area contributed by atoms with Gasteiger partial charge in [0.2, 0.25) is 35.4 Å². The highest BCUT2D eigenvalue weighted by Crippen LogP contribution is 2.35. The Morgan fingerprint density at radius 2 is 1.12 bits per heavy atom. The van der Waals surface area contributed by atoms with Gasteiger partial charge in [0.05, 0.1) is 32.2 Å². The van der Waals surface area contributed by atoms with E-state index in [9.17, 15) is 33.6 Å². The van der Waals surface area contributed by atoms with Crippen LogP contribution in [0.4, 0.5) is 0 Å². The van der Waals surface area contributed by atoms with E-state index in [1.807, 2.05) is 87.5 Å². The molecule has 9 unspecified atom stereocenters. The number of hydrogen-bond donors (Lipinski definition) is 7. The van der Waals surface area contributed by atoms with Gasteiger partial charge in [0.1, 0.15) is 24.2 Å². The zero-order chi connectivity index (χ0) is 55.3. The Bertz CT molecular complexity index is 2830. The summed E-state index contributed by atoms with van der Waals surface area (Å²) in [5.41, 5.74) is 6.48. The largest absolute Gasteiger partial charge is 0.348 e. The molecule has 0 saturated carbocycles. The quantitative estimate of drug-likeness (QED) is 0.0676. The van der Waals surface area contributed by atoms with E-state index in [4.69, 9.17) is 0 Å². The molecule has 4 aromatic rings. The van der Waals surface area contributed by atoms with Gasteiger partial charge in [0.25, 0.3) is 5.91 Å². The molecule has 7 N–H and O–H groups in total. The van der Waals surface area contributed by atoms with Gasteiger partial charge in [0, 0.05) is 24.3 Å². The molecule has 8 rings (SSSR count). The lowest BCUT2D eigenvalue weighted by molar-refractivity contribution is -0.144. The smallest absolute Gasteiger partial charge is 0.251 e. The van der Waals surface area contributed by atoms with Crippen LogP contribution < -0.4 is 37.2 Å². The summed E-state index contributed by atoms with van der Waals surface area (Å²) in [6.45, 7) is 13.5. The lowest BCUT2D eigenvalue weighted by atomic mass is 9.85. The molecule has 7 amide bonds. The summed E-state index contributed by atoms with van der Waals surface area (Å²) in [4.78, 5) is 102. The molecule has 2 fully saturated rings. The minimum atomic E-state index is -2.03. The SMILES string of the molecule is CNC(C)C(=O)NC(C(=O)N1C[Si](C)(C)CC1C(=O)NC1CCCc2ccccc21)c1ccc(-c2ccc(C(=O)NC3CC(C(=O)NC4CCCc5ccccc54)N(C(=O)C(NC(=O)C(C)NC)C(C)(C)C)C3)cc2)cc1. The van der Waals surface area contributed by atoms with Crippen molar-refractivity contribution in [1.29, 1.82) is 0 Å². The van der Waals surface area contributed by atoms with E-state index in [1.54, 1.807) is 45.0 Å². The third-order valence-electron chi connectivity index (χ3n) is 16.2. The monoisotopic (exact) mass is 1070 g/mol. The van der Waals surface area contributed by atoms with Crippen molar-refractivity contribution in [3.8, 4) is 11.1 Å². The third-order valence-corrected chi connectivity index (χ3v) is 18.9. The number of hydrogen-bond acceptors (Lipinski definition) is 9. The van der Waals surface area contributed by atoms with Gasteiger partial charge in [0.15, 0.2) is 0 Å². The van der Waals surface area contributed by atoms with Crippen LogP contribution in [0.3, 0.4) is 0 Å². The molecule has 16 nitrogen and oxygen atoms in total. The topological polar surface area (TPSA) is 210 Å². The van der Waals surface area contributed by atoms with Crippen molar-refractivity contribution in [2.24, 2.45) is 5.41 Å². The molecule has 9 atom stereocenters. The number of rotatable bonds is 16. The maximum Gasteiger partial charge on any atom is 0.251 e. The highest BCUT2D eigenvalue weighted by molar-refractivity contribution is 6.79. The number of carbonyl (C=O) groups excluding carboxylic acids is 7. The molecule has 410 valence electrons. The number of likely N-dealkylation sites (N-methyl/N-ethyl adjacent to an activating group) is 2. The number of amides is 7. The van der Waals surface area contributed by atoms with Crippen LogP contribution in [-0.2, 0) is 41.6 Å². The molecule has 0 radical (unpaired) electrons. The molecule has 2 saturated heterocycles. The molecule has 17 heteroatoms. The van der Waals surface area contributed by atoms with E-state index in [-0.39, 0.29) is 60.5 Å². The van der Waals surface area contributed by atoms with Crippen LogP contribution in [0.5, 0.6) is 0 Å². The van der Waals surface area contributed by atoms with Gasteiger partial charge < -0.3 is 47.0 Å². The van der Waals surface area contributed by atoms with Gasteiger partial charge in [-0.3, -0.25) is 33.6 Å². The first-order valence-corrected chi connectivity index (χ1v) is 30.9. The predicted octanol–water partition coefficient (Wildman–Crippen LogP) is 5.80. The standard InChI is InChI=1S/C60H79N9O7Si/c1-36(61-6)53(70)66-51(58(75)69-35-77(8,9)34-50(69)57(74)65-48-23-15-19-41-17-11-13-21-46(41)48)42-28-24-38(25-29-42)39-26-30-43(31-27-39)55(72)63-44-32-49(56(73)64-47-22-14-18-40-16-10-12-20-45(40)47)68(33-44)59(76)52(60(3,4)5)67-54(71)37(2)62-7/h10-13,16-17,20-21,24-31,36-37,44,47-52,61-62H,14-15,18-19,22-23,32-35H2,1-9H3,(H,63,72)(H,64,73)(H,65,74)(H,66,70)(H,67,71). The molecular weight excluding hydrogens is 987 g/mol. The van der Waals surface area contributed by atoms with Gasteiger partial charge in [-0.05, 0) is 135 Å². The molecule has 2 heterocycles. The fraction of sp³-hybridized carbons (Fsp3) is 0.483. The minimum Gasteiger partial charge on any atom is -0.348 e. The maximum atomic E-state index is 14.9. The summed E-state index contributed by atoms with van der Waals surface area (Å²) in [5, 5.41) is 21.5. The zero-order valence-electron chi connectivity index (χ0n) is 46.3. The summed E-state index contributed by atoms with van der Waals surface area (Å²) >= 11 is 0. The first-order chi connectivity index (χ1) is 36.7. The highest BCUT2D eigenvalue weighted by atomic mass is 28.3. The fourth-order valence-electron chi connectivity index (χ4n) is 11.5. The molecule has 77 heavy (non-hydrogen) atoms. The Kier molecular flexibility index (Phi) is 17.5. The summed E-state index contributed by atoms with van der Waals surface area (Å²) in [6.07, 6.45) is 6.02. The second-order valence-corrected chi connectivity index (χ2v) is 28.6. The second-order valence-electron chi connectivity index (χ2n) is 23.5. The number of fused-ring (bicyclic) bond motifs is 2. The van der Waals surface area contributed by atoms with Crippen LogP contribution in [0.1, 0.15) is 123 Å². The predicted molar refractivity (Wildman–Crippen MR) is 301 cm³/mol. The summed E-state index contributed by atoms with van der Waals surface area (Å²) in [7, 11) is 1.32. The average molecular weight is 1070 g/mol. The van der Waals surface area contributed by atoms with Gasteiger partial charge in [-0.2, -0.15) is 0 Å². The number of carbonyl (C=O) groups is 7. The van der Waals surface area contributed by atoms with Crippen LogP contribution in [0.15, 0.2) is 97.1 Å². The first-order valence-electron chi connectivity index (χ1n) is 27.5. The average Bonchev–Trinajstić information content (AvgIpc) is 4.07. The Labute approximate surface area is 455 Å². The van der Waals surface area contributed by atoms with E-state index in [0.29, 0.717) is 23.3 Å². The zero-order valence-corrected chi connectivity index (χ0v) is 47.3. The molecular formula is C60H79N9O7Si. The molecule has 0 aromatic heterocycles. The lowest BCUT2D eigenvalue weighted by Gasteiger charge is -2.36. The molecule has 0 bridgehead atoms. The van der Waals surface area contributed by atoms with E-state index >= 15 is 0 Å². The van der Waals surface area contributed by atoms with Crippen molar-refractivity contribution in [2.45, 2.75) is 153 Å². The van der Waals surface area contributed by atoms with Crippen molar-refractivity contribution in [1.82, 2.24) is 47.0 Å². The Morgan fingerprint density at radius 1 is 0.610 bits per heavy atom. The van der Waals surface area contributed by atoms with E-state index < -0.39 is 61.7 Å². The number of nitrogens with one attached hydrogen (secondary N) is 7. The van der Waals surface area contributed by atoms with Crippen molar-refractivity contribution < 1.29 is 33.6 Å². The lowest BCUT2D eigenvalue weighted by Crippen LogP contribution is -2.59. The Balaban J connectivity index is 0.976. The van der Waals surface area contributed by atoms with E-state index in [0.717, 1.165) is 60.8 Å². The second kappa shape index (κ2) is 23.9. The van der Waals surface area contributed by atoms with Crippen LogP contribution in [-0.4, -0.2) is 122 Å². The molecule has 0 spiro atoms. The molecule has 4 aliphatic rings. The van der Waals surface area contributed by atoms with Crippen molar-refractivity contribution in [3.63, 3.8) is 0 Å². The molecule has 2 aliphatic carbocycles. The number of benzene rings is 4. The van der Waals surface area contributed by atoms with Crippen LogP contribution in [0.25, 0.3) is 11.1 Å². The van der Waals surface area contributed by atoms with Gasteiger partial charge >= 0.3 is 0 Å². The van der Waals surface area contributed by atoms with Crippen LogP contribution in [0.2, 0.25) is 19.1 Å². The first kappa shape index (κ1) is 56.5. The van der Waals surface area contributed by atoms with Crippen molar-refractivity contribution in [2.75, 3.05) is 26.8 Å². The fourth-order valence-corrected chi connectivity index (χ4v) is 14.4. The number of likely N-dealkylation sites (tertiary alicyclic amines) is 1. The van der Waals surface area contributed by atoms with Gasteiger partial charge in [-0.15, -0.1) is 0 Å². The van der Waals surface area contributed by atoms with Gasteiger partial charge in [-0.1, -0.05) is 119 Å². The van der Waals surface area contributed by atoms with Gasteiger partial charge in [-0.25, -0.2) is 0 Å². The van der Waals surface area contributed by atoms with E-state index in [1.165, 1.54) is 16.0 Å². The Morgan fingerprint density at radius 3 is 1.65 bits per heavy atom. The number of nitrogens with zero attached hydrogens (tertiary/aromatic N) is 2.